The summed E-state index contributed by atoms with van der Waals surface area (Å²) in [7, 11) is 8.34. The molecule has 0 fully saturated rings. The quantitative estimate of drug-likeness (QED) is 0.429. The zero-order chi connectivity index (χ0) is 12.9. The van der Waals surface area contributed by atoms with Gasteiger partial charge >= 0.3 is 0 Å². The Kier molecular flexibility index (Phi) is 11.4. The van der Waals surface area contributed by atoms with E-state index in [0.717, 1.165) is 25.9 Å². The highest BCUT2D eigenvalue weighted by atomic mass is 16.5. The molecule has 0 aliphatic heterocycles. The molecule has 0 amide bonds. The molecule has 0 heterocycles. The molecule has 0 aromatic carbocycles. The SMILES string of the molecule is CN(C)CCC=CCOCC=CCCN(C)C. The maximum Gasteiger partial charge on any atom is 0.0651 e. The third kappa shape index (κ3) is 15.4. The molecule has 100 valence electrons. The third-order valence-electron chi connectivity index (χ3n) is 2.25. The molecule has 0 radical (unpaired) electrons. The van der Waals surface area contributed by atoms with Crippen LogP contribution in [0.2, 0.25) is 0 Å². The largest absolute Gasteiger partial charge is 0.373 e. The van der Waals surface area contributed by atoms with Gasteiger partial charge < -0.3 is 14.5 Å². The molecule has 0 aromatic heterocycles. The Morgan fingerprint density at radius 3 is 1.47 bits per heavy atom. The first-order valence-corrected chi connectivity index (χ1v) is 6.30. The van der Waals surface area contributed by atoms with Crippen LogP contribution in [0.1, 0.15) is 12.8 Å². The van der Waals surface area contributed by atoms with Crippen LogP contribution in [0.5, 0.6) is 0 Å². The van der Waals surface area contributed by atoms with Crippen LogP contribution in [-0.2, 0) is 4.74 Å². The highest BCUT2D eigenvalue weighted by Crippen LogP contribution is 1.89. The summed E-state index contributed by atoms with van der Waals surface area (Å²) in [5, 5.41) is 0. The Hall–Kier alpha value is -0.640. The van der Waals surface area contributed by atoms with Crippen molar-refractivity contribution in [3.8, 4) is 0 Å². The van der Waals surface area contributed by atoms with Gasteiger partial charge in [0.25, 0.3) is 0 Å². The fraction of sp³-hybridized carbons (Fsp3) is 0.714. The van der Waals surface area contributed by atoms with Gasteiger partial charge in [0.15, 0.2) is 0 Å². The molecular formula is C14H28N2O. The Morgan fingerprint density at radius 2 is 1.12 bits per heavy atom. The van der Waals surface area contributed by atoms with E-state index >= 15 is 0 Å². The average Bonchev–Trinajstić information content (AvgIpc) is 2.25. The van der Waals surface area contributed by atoms with E-state index in [1.807, 2.05) is 0 Å². The third-order valence-corrected chi connectivity index (χ3v) is 2.25. The Labute approximate surface area is 107 Å². The fourth-order valence-corrected chi connectivity index (χ4v) is 1.24. The molecule has 0 aliphatic carbocycles. The Morgan fingerprint density at radius 1 is 0.706 bits per heavy atom. The van der Waals surface area contributed by atoms with Gasteiger partial charge in [-0.15, -0.1) is 0 Å². The van der Waals surface area contributed by atoms with Crippen LogP contribution in [0.15, 0.2) is 24.3 Å². The summed E-state index contributed by atoms with van der Waals surface area (Å²) in [5.41, 5.74) is 0. The normalized spacial score (nSPS) is 12.6. The van der Waals surface area contributed by atoms with Crippen LogP contribution in [-0.4, -0.2) is 64.3 Å². The van der Waals surface area contributed by atoms with Crippen molar-refractivity contribution in [1.82, 2.24) is 9.80 Å². The van der Waals surface area contributed by atoms with E-state index in [-0.39, 0.29) is 0 Å². The van der Waals surface area contributed by atoms with Gasteiger partial charge in [-0.3, -0.25) is 0 Å². The van der Waals surface area contributed by atoms with Crippen LogP contribution < -0.4 is 0 Å². The second-order valence-corrected chi connectivity index (χ2v) is 4.66. The summed E-state index contributed by atoms with van der Waals surface area (Å²) in [6, 6.07) is 0. The van der Waals surface area contributed by atoms with E-state index in [9.17, 15) is 0 Å². The number of ether oxygens (including phenoxy) is 1. The lowest BCUT2D eigenvalue weighted by Crippen LogP contribution is -2.11. The van der Waals surface area contributed by atoms with Crippen molar-refractivity contribution in [1.29, 1.82) is 0 Å². The summed E-state index contributed by atoms with van der Waals surface area (Å²) < 4.78 is 5.45. The lowest BCUT2D eigenvalue weighted by atomic mass is 10.3. The molecule has 0 bridgehead atoms. The molecule has 3 heteroatoms. The standard InChI is InChI=1S/C14H28N2O/c1-15(2)11-7-5-9-13-17-14-10-6-8-12-16(3)4/h5-6,9-10H,7-8,11-14H2,1-4H3. The number of nitrogens with zero attached hydrogens (tertiary/aromatic N) is 2. The molecule has 0 saturated carbocycles. The molecule has 0 N–H and O–H groups in total. The van der Waals surface area contributed by atoms with Crippen molar-refractivity contribution < 1.29 is 4.74 Å². The van der Waals surface area contributed by atoms with Crippen molar-refractivity contribution >= 4 is 0 Å². The molecule has 0 aliphatic rings. The monoisotopic (exact) mass is 240 g/mol. The topological polar surface area (TPSA) is 15.7 Å². The van der Waals surface area contributed by atoms with E-state index in [0.29, 0.717) is 13.2 Å². The highest BCUT2D eigenvalue weighted by Gasteiger charge is 1.86. The van der Waals surface area contributed by atoms with Crippen molar-refractivity contribution in [2.75, 3.05) is 54.5 Å². The average molecular weight is 240 g/mol. The lowest BCUT2D eigenvalue weighted by molar-refractivity contribution is 0.193. The van der Waals surface area contributed by atoms with Gasteiger partial charge in [0.1, 0.15) is 0 Å². The number of hydrogen-bond acceptors (Lipinski definition) is 3. The van der Waals surface area contributed by atoms with Crippen molar-refractivity contribution in [2.45, 2.75) is 12.8 Å². The van der Waals surface area contributed by atoms with Gasteiger partial charge in [0.05, 0.1) is 13.2 Å². The predicted octanol–water partition coefficient (Wildman–Crippen LogP) is 2.02. The second-order valence-electron chi connectivity index (χ2n) is 4.66. The number of rotatable bonds is 10. The van der Waals surface area contributed by atoms with Crippen LogP contribution in [0.25, 0.3) is 0 Å². The summed E-state index contributed by atoms with van der Waals surface area (Å²) in [6.45, 7) is 3.62. The van der Waals surface area contributed by atoms with Crippen LogP contribution in [0, 0.1) is 0 Å². The maximum atomic E-state index is 5.45. The van der Waals surface area contributed by atoms with Crippen molar-refractivity contribution in [2.24, 2.45) is 0 Å². The first-order valence-electron chi connectivity index (χ1n) is 6.30. The van der Waals surface area contributed by atoms with Crippen LogP contribution in [0.4, 0.5) is 0 Å². The van der Waals surface area contributed by atoms with Crippen molar-refractivity contribution in [3.05, 3.63) is 24.3 Å². The summed E-state index contributed by atoms with van der Waals surface area (Å²) in [6.07, 6.45) is 10.7. The van der Waals surface area contributed by atoms with E-state index in [1.54, 1.807) is 0 Å². The van der Waals surface area contributed by atoms with Gasteiger partial charge in [-0.05, 0) is 41.0 Å². The summed E-state index contributed by atoms with van der Waals surface area (Å²) >= 11 is 0. The predicted molar refractivity (Wildman–Crippen MR) is 75.4 cm³/mol. The van der Waals surface area contributed by atoms with E-state index in [1.165, 1.54) is 0 Å². The minimum absolute atomic E-state index is 0.714. The number of hydrogen-bond donors (Lipinski definition) is 0. The molecule has 0 aromatic rings. The van der Waals surface area contributed by atoms with Crippen molar-refractivity contribution in [3.63, 3.8) is 0 Å². The summed E-state index contributed by atoms with van der Waals surface area (Å²) in [5.74, 6) is 0. The fourth-order valence-electron chi connectivity index (χ4n) is 1.24. The minimum Gasteiger partial charge on any atom is -0.373 e. The zero-order valence-corrected chi connectivity index (χ0v) is 11.9. The molecule has 17 heavy (non-hydrogen) atoms. The lowest BCUT2D eigenvalue weighted by Gasteiger charge is -2.05. The van der Waals surface area contributed by atoms with E-state index in [2.05, 4.69) is 62.3 Å². The first-order chi connectivity index (χ1) is 8.13. The molecule has 0 spiro atoms. The highest BCUT2D eigenvalue weighted by molar-refractivity contribution is 4.84. The first kappa shape index (κ1) is 16.4. The Balaban J connectivity index is 3.22. The van der Waals surface area contributed by atoms with E-state index in [4.69, 9.17) is 4.74 Å². The van der Waals surface area contributed by atoms with Gasteiger partial charge in [0.2, 0.25) is 0 Å². The van der Waals surface area contributed by atoms with Crippen LogP contribution >= 0.6 is 0 Å². The smallest absolute Gasteiger partial charge is 0.0651 e. The zero-order valence-electron chi connectivity index (χ0n) is 11.9. The molecule has 0 rings (SSSR count). The Bertz CT molecular complexity index is 188. The maximum absolute atomic E-state index is 5.45. The van der Waals surface area contributed by atoms with Crippen LogP contribution in [0.3, 0.4) is 0 Å². The van der Waals surface area contributed by atoms with Gasteiger partial charge in [-0.25, -0.2) is 0 Å². The molecule has 0 atom stereocenters. The second kappa shape index (κ2) is 11.8. The van der Waals surface area contributed by atoms with Gasteiger partial charge in [0, 0.05) is 13.1 Å². The molecule has 0 saturated heterocycles. The van der Waals surface area contributed by atoms with Gasteiger partial charge in [-0.2, -0.15) is 0 Å². The molecule has 0 unspecified atom stereocenters. The minimum atomic E-state index is 0.714. The van der Waals surface area contributed by atoms with E-state index < -0.39 is 0 Å². The molecular weight excluding hydrogens is 212 g/mol. The summed E-state index contributed by atoms with van der Waals surface area (Å²) in [4.78, 5) is 4.36. The molecule has 3 nitrogen and oxygen atoms in total. The van der Waals surface area contributed by atoms with Gasteiger partial charge in [-0.1, -0.05) is 24.3 Å².